The summed E-state index contributed by atoms with van der Waals surface area (Å²) in [5.74, 6) is 2.44. The van der Waals surface area contributed by atoms with Crippen LogP contribution in [-0.4, -0.2) is 54.8 Å². The number of ether oxygens (including phenoxy) is 1. The van der Waals surface area contributed by atoms with Crippen molar-refractivity contribution in [3.63, 3.8) is 0 Å². The minimum Gasteiger partial charge on any atom is -0.452 e. The van der Waals surface area contributed by atoms with E-state index in [4.69, 9.17) is 15.5 Å². The van der Waals surface area contributed by atoms with Crippen molar-refractivity contribution in [1.29, 1.82) is 0 Å². The second kappa shape index (κ2) is 11.4. The molecule has 4 aromatic heterocycles. The highest BCUT2D eigenvalue weighted by atomic mass is 32.2. The van der Waals surface area contributed by atoms with Gasteiger partial charge in [-0.25, -0.2) is 15.0 Å². The number of nitrogens with one attached hydrogen (secondary N) is 1. The summed E-state index contributed by atoms with van der Waals surface area (Å²) in [7, 11) is 0. The van der Waals surface area contributed by atoms with Crippen molar-refractivity contribution in [2.45, 2.75) is 42.0 Å². The van der Waals surface area contributed by atoms with Crippen molar-refractivity contribution in [1.82, 2.24) is 29.2 Å². The van der Waals surface area contributed by atoms with E-state index in [0.717, 1.165) is 34.3 Å². The van der Waals surface area contributed by atoms with Gasteiger partial charge in [0.1, 0.15) is 10.8 Å². The van der Waals surface area contributed by atoms with Crippen molar-refractivity contribution in [2.75, 3.05) is 25.0 Å². The molecule has 0 aliphatic carbocycles. The van der Waals surface area contributed by atoms with Crippen LogP contribution in [0.25, 0.3) is 0 Å². The van der Waals surface area contributed by atoms with Gasteiger partial charge in [0.05, 0.1) is 12.2 Å². The molecule has 4 aromatic rings. The molecule has 12 heteroatoms. The van der Waals surface area contributed by atoms with Crippen LogP contribution in [0.1, 0.15) is 31.3 Å². The molecule has 5 rings (SSSR count). The van der Waals surface area contributed by atoms with Crippen LogP contribution in [0.5, 0.6) is 11.5 Å². The van der Waals surface area contributed by atoms with Crippen LogP contribution in [0.4, 0.5) is 10.9 Å². The van der Waals surface area contributed by atoms with E-state index in [0.29, 0.717) is 35.5 Å². The molecule has 1 aliphatic heterocycles. The number of likely N-dealkylation sites (tertiary alicyclic amines) is 1. The lowest BCUT2D eigenvalue weighted by Gasteiger charge is -2.37. The van der Waals surface area contributed by atoms with Crippen LogP contribution >= 0.6 is 23.3 Å². The molecule has 1 amide bonds. The third-order valence-corrected chi connectivity index (χ3v) is 7.99. The van der Waals surface area contributed by atoms with Gasteiger partial charge in [-0.1, -0.05) is 24.8 Å². The van der Waals surface area contributed by atoms with Crippen LogP contribution in [0.2, 0.25) is 0 Å². The van der Waals surface area contributed by atoms with E-state index in [-0.39, 0.29) is 17.9 Å². The normalized spacial score (nSPS) is 14.8. The van der Waals surface area contributed by atoms with E-state index in [9.17, 15) is 4.79 Å². The predicted molar refractivity (Wildman–Crippen MR) is 147 cm³/mol. The molecule has 0 saturated carbocycles. The standard InChI is InChI=1S/C26H28N8O2S2/c1-17-19(6-5-11-28-17)36-20-14-18(37-21-7-3-4-10-29-21)16-30-23(20)31-25-32-24(33-38-25)26(2)8-12-34(13-9-26)22(35)15-27/h3-7,10-11,14,16H,8-9,12-13,15,27H2,1-2H3,(H,30,31,32,33). The van der Waals surface area contributed by atoms with Gasteiger partial charge in [0, 0.05) is 59.6 Å². The van der Waals surface area contributed by atoms with Crippen LogP contribution in [0.15, 0.2) is 64.9 Å². The van der Waals surface area contributed by atoms with Crippen molar-refractivity contribution >= 4 is 40.2 Å². The highest BCUT2D eigenvalue weighted by Gasteiger charge is 2.36. The third-order valence-electron chi connectivity index (χ3n) is 6.45. The minimum atomic E-state index is -0.218. The van der Waals surface area contributed by atoms with Gasteiger partial charge in [0.2, 0.25) is 11.0 Å². The van der Waals surface area contributed by atoms with E-state index in [2.05, 4.69) is 31.6 Å². The first-order chi connectivity index (χ1) is 18.4. The zero-order valence-corrected chi connectivity index (χ0v) is 22.8. The van der Waals surface area contributed by atoms with Gasteiger partial charge >= 0.3 is 0 Å². The third kappa shape index (κ3) is 5.93. The van der Waals surface area contributed by atoms with Crippen molar-refractivity contribution in [3.8, 4) is 11.5 Å². The zero-order chi connectivity index (χ0) is 26.5. The maximum Gasteiger partial charge on any atom is 0.236 e. The van der Waals surface area contributed by atoms with Crippen LogP contribution in [0.3, 0.4) is 0 Å². The number of pyridine rings is 3. The highest BCUT2D eigenvalue weighted by molar-refractivity contribution is 7.99. The number of aromatic nitrogens is 5. The highest BCUT2D eigenvalue weighted by Crippen LogP contribution is 2.38. The number of carbonyl (C=O) groups is 1. The summed E-state index contributed by atoms with van der Waals surface area (Å²) >= 11 is 2.78. The van der Waals surface area contributed by atoms with E-state index >= 15 is 0 Å². The largest absolute Gasteiger partial charge is 0.452 e. The van der Waals surface area contributed by atoms with Crippen molar-refractivity contribution in [2.24, 2.45) is 5.73 Å². The molecule has 3 N–H and O–H groups in total. The molecule has 0 bridgehead atoms. The maximum atomic E-state index is 12.0. The van der Waals surface area contributed by atoms with Crippen molar-refractivity contribution in [3.05, 3.63) is 66.5 Å². The number of nitrogens with two attached hydrogens (primary N) is 1. The molecule has 1 aliphatic rings. The van der Waals surface area contributed by atoms with Crippen LogP contribution in [0, 0.1) is 6.92 Å². The summed E-state index contributed by atoms with van der Waals surface area (Å²) in [5, 5.41) is 4.78. The predicted octanol–water partition coefficient (Wildman–Crippen LogP) is 4.56. The molecule has 0 unspecified atom stereocenters. The molecular weight excluding hydrogens is 520 g/mol. The fraction of sp³-hybridized carbons (Fsp3) is 0.308. The Hall–Kier alpha value is -3.61. The minimum absolute atomic E-state index is 0.0206. The van der Waals surface area contributed by atoms with E-state index < -0.39 is 0 Å². The number of aryl methyl sites for hydroxylation is 1. The van der Waals surface area contributed by atoms with Gasteiger partial charge in [-0.2, -0.15) is 4.37 Å². The summed E-state index contributed by atoms with van der Waals surface area (Å²) in [6.45, 7) is 5.37. The van der Waals surface area contributed by atoms with Crippen LogP contribution < -0.4 is 15.8 Å². The number of nitrogens with zero attached hydrogens (tertiary/aromatic N) is 6. The summed E-state index contributed by atoms with van der Waals surface area (Å²) in [6.07, 6.45) is 6.82. The Labute approximate surface area is 229 Å². The molecule has 0 aromatic carbocycles. The van der Waals surface area contributed by atoms with E-state index in [1.54, 1.807) is 18.6 Å². The molecule has 10 nitrogen and oxygen atoms in total. The van der Waals surface area contributed by atoms with Gasteiger partial charge in [-0.05, 0) is 44.0 Å². The Morgan fingerprint density at radius 2 is 1.97 bits per heavy atom. The number of hydrogen-bond donors (Lipinski definition) is 2. The Kier molecular flexibility index (Phi) is 7.82. The molecule has 38 heavy (non-hydrogen) atoms. The van der Waals surface area contributed by atoms with Gasteiger partial charge in [0.15, 0.2) is 17.4 Å². The fourth-order valence-electron chi connectivity index (χ4n) is 4.10. The Morgan fingerprint density at radius 1 is 1.16 bits per heavy atom. The Bertz CT molecular complexity index is 1410. The van der Waals surface area contributed by atoms with Crippen molar-refractivity contribution < 1.29 is 9.53 Å². The second-order valence-corrected chi connectivity index (χ2v) is 11.0. The second-order valence-electron chi connectivity index (χ2n) is 9.17. The van der Waals surface area contributed by atoms with Gasteiger partial charge in [-0.3, -0.25) is 9.78 Å². The first kappa shape index (κ1) is 26.0. The molecule has 1 saturated heterocycles. The molecule has 1 fully saturated rings. The summed E-state index contributed by atoms with van der Waals surface area (Å²) in [5.41, 5.74) is 6.08. The molecule has 0 atom stereocenters. The average Bonchev–Trinajstić information content (AvgIpc) is 3.41. The number of amides is 1. The lowest BCUT2D eigenvalue weighted by atomic mass is 9.79. The lowest BCUT2D eigenvalue weighted by molar-refractivity contribution is -0.131. The van der Waals surface area contributed by atoms with Gasteiger partial charge in [-0.15, -0.1) is 0 Å². The molecular formula is C26H28N8O2S2. The molecule has 0 spiro atoms. The Morgan fingerprint density at radius 3 is 2.71 bits per heavy atom. The Balaban J connectivity index is 1.37. The monoisotopic (exact) mass is 548 g/mol. The average molecular weight is 549 g/mol. The van der Waals surface area contributed by atoms with E-state index in [1.165, 1.54) is 23.3 Å². The summed E-state index contributed by atoms with van der Waals surface area (Å²) in [6, 6.07) is 11.4. The molecule has 196 valence electrons. The number of piperidine rings is 1. The summed E-state index contributed by atoms with van der Waals surface area (Å²) < 4.78 is 10.9. The van der Waals surface area contributed by atoms with Crippen LogP contribution in [-0.2, 0) is 10.2 Å². The lowest BCUT2D eigenvalue weighted by Crippen LogP contribution is -2.46. The van der Waals surface area contributed by atoms with Gasteiger partial charge in [0.25, 0.3) is 0 Å². The maximum absolute atomic E-state index is 12.0. The number of anilines is 2. The quantitative estimate of drug-likeness (QED) is 0.323. The fourth-order valence-corrected chi connectivity index (χ4v) is 5.58. The van der Waals surface area contributed by atoms with E-state index in [1.807, 2.05) is 48.2 Å². The van der Waals surface area contributed by atoms with Gasteiger partial charge < -0.3 is 20.7 Å². The number of hydrogen-bond acceptors (Lipinski definition) is 11. The SMILES string of the molecule is Cc1ncccc1Oc1cc(Sc2ccccn2)cnc1Nc1nc(C2(C)CCN(C(=O)CN)CC2)ns1. The molecule has 0 radical (unpaired) electrons. The first-order valence-corrected chi connectivity index (χ1v) is 13.8. The first-order valence-electron chi connectivity index (χ1n) is 12.2. The number of rotatable bonds is 8. The smallest absolute Gasteiger partial charge is 0.236 e. The molecule has 5 heterocycles. The summed E-state index contributed by atoms with van der Waals surface area (Å²) in [4.78, 5) is 32.8. The zero-order valence-electron chi connectivity index (χ0n) is 21.1. The topological polar surface area (TPSA) is 132 Å². The number of carbonyl (C=O) groups excluding carboxylic acids is 1.